The van der Waals surface area contributed by atoms with Crippen molar-refractivity contribution in [2.45, 2.75) is 36.1 Å². The first kappa shape index (κ1) is 26.9. The van der Waals surface area contributed by atoms with Crippen molar-refractivity contribution < 1.29 is 84.9 Å². The smallest absolute Gasteiger partial charge is 0.464 e. The summed E-state index contributed by atoms with van der Waals surface area (Å²) in [5.41, 5.74) is 0. The van der Waals surface area contributed by atoms with Crippen molar-refractivity contribution in [2.75, 3.05) is 7.11 Å². The quantitative estimate of drug-likeness (QED) is 0.272. The van der Waals surface area contributed by atoms with Crippen LogP contribution in [-0.2, 0) is 19.0 Å². The standard InChI is InChI=1S/C10H3F15O4/c1-27-4(26)5(14,15)6(16,17)7(18,19)8(20,21)29-10(24,25)9(22,23)28-3(13)2(11)12/h1H3. The fraction of sp³-hybridized carbons (Fsp3) is 0.700. The molecule has 0 aromatic heterocycles. The fourth-order valence-electron chi connectivity index (χ4n) is 1.13. The van der Waals surface area contributed by atoms with E-state index >= 15 is 0 Å². The van der Waals surface area contributed by atoms with Crippen LogP contribution in [0, 0.1) is 0 Å². The molecule has 0 aliphatic heterocycles. The monoisotopic (exact) mass is 472 g/mol. The van der Waals surface area contributed by atoms with Crippen molar-refractivity contribution in [3.05, 3.63) is 12.1 Å². The number of methoxy groups -OCH3 is 1. The summed E-state index contributed by atoms with van der Waals surface area (Å²) in [6.07, 6.45) is -25.8. The molecular weight excluding hydrogens is 469 g/mol. The summed E-state index contributed by atoms with van der Waals surface area (Å²) in [7, 11) is -0.114. The normalized spacial score (nSPS) is 14.5. The molecule has 0 spiro atoms. The number of hydrogen-bond acceptors (Lipinski definition) is 4. The van der Waals surface area contributed by atoms with Crippen molar-refractivity contribution in [3.8, 4) is 0 Å². The fourth-order valence-corrected chi connectivity index (χ4v) is 1.13. The number of hydrogen-bond donors (Lipinski definition) is 0. The van der Waals surface area contributed by atoms with E-state index in [9.17, 15) is 70.7 Å². The molecule has 29 heavy (non-hydrogen) atoms. The highest BCUT2D eigenvalue weighted by Gasteiger charge is 2.86. The van der Waals surface area contributed by atoms with E-state index in [0.29, 0.717) is 0 Å². The third-order valence-electron chi connectivity index (χ3n) is 2.56. The van der Waals surface area contributed by atoms with Crippen LogP contribution in [0.15, 0.2) is 12.1 Å². The maximum Gasteiger partial charge on any atom is 0.496 e. The van der Waals surface area contributed by atoms with Gasteiger partial charge in [0.1, 0.15) is 0 Å². The van der Waals surface area contributed by atoms with Crippen molar-refractivity contribution in [1.82, 2.24) is 0 Å². The van der Waals surface area contributed by atoms with Gasteiger partial charge in [0.15, 0.2) is 0 Å². The number of halogens is 15. The number of esters is 1. The zero-order chi connectivity index (χ0) is 23.9. The molecule has 172 valence electrons. The molecule has 0 aliphatic rings. The highest BCUT2D eigenvalue weighted by Crippen LogP contribution is 2.55. The summed E-state index contributed by atoms with van der Waals surface area (Å²) >= 11 is 0. The lowest BCUT2D eigenvalue weighted by molar-refractivity contribution is -0.518. The van der Waals surface area contributed by atoms with Crippen molar-refractivity contribution >= 4 is 5.97 Å². The largest absolute Gasteiger partial charge is 0.496 e. The topological polar surface area (TPSA) is 44.8 Å². The zero-order valence-corrected chi connectivity index (χ0v) is 12.8. The molecular formula is C10H3F15O4. The lowest BCUT2D eigenvalue weighted by Gasteiger charge is -2.36. The maximum absolute atomic E-state index is 13.1. The number of rotatable bonds is 9. The van der Waals surface area contributed by atoms with Crippen LogP contribution in [0.3, 0.4) is 0 Å². The summed E-state index contributed by atoms with van der Waals surface area (Å²) < 4.78 is 197. The number of ether oxygens (including phenoxy) is 3. The Balaban J connectivity index is 6.10. The van der Waals surface area contributed by atoms with Crippen LogP contribution in [0.25, 0.3) is 0 Å². The van der Waals surface area contributed by atoms with Gasteiger partial charge in [-0.05, 0) is 0 Å². The molecule has 0 amide bonds. The van der Waals surface area contributed by atoms with E-state index in [1.54, 1.807) is 0 Å². The van der Waals surface area contributed by atoms with Crippen LogP contribution in [-0.4, -0.2) is 49.2 Å². The predicted molar refractivity (Wildman–Crippen MR) is 54.2 cm³/mol. The molecule has 0 fully saturated rings. The molecule has 0 aliphatic carbocycles. The van der Waals surface area contributed by atoms with Gasteiger partial charge in [-0.25, -0.2) is 9.53 Å². The molecule has 0 radical (unpaired) electrons. The molecule has 0 N–H and O–H groups in total. The summed E-state index contributed by atoms with van der Waals surface area (Å²) in [4.78, 5) is 10.4. The van der Waals surface area contributed by atoms with E-state index in [0.717, 1.165) is 0 Å². The van der Waals surface area contributed by atoms with Crippen LogP contribution in [0.1, 0.15) is 0 Å². The summed E-state index contributed by atoms with van der Waals surface area (Å²) in [5, 5.41) is 0. The van der Waals surface area contributed by atoms with Gasteiger partial charge in [-0.1, -0.05) is 0 Å². The van der Waals surface area contributed by atoms with Gasteiger partial charge >= 0.3 is 54.2 Å². The minimum atomic E-state index is -7.85. The maximum atomic E-state index is 13.1. The Hall–Kier alpha value is -2.08. The Labute approximate surface area is 147 Å². The van der Waals surface area contributed by atoms with E-state index < -0.39 is 54.2 Å². The molecule has 0 atom stereocenters. The Kier molecular flexibility index (Phi) is 7.09. The van der Waals surface area contributed by atoms with Gasteiger partial charge in [0.2, 0.25) is 0 Å². The van der Waals surface area contributed by atoms with Gasteiger partial charge in [-0.2, -0.15) is 65.9 Å². The van der Waals surface area contributed by atoms with Crippen molar-refractivity contribution in [1.29, 1.82) is 0 Å². The molecule has 0 heterocycles. The Bertz CT molecular complexity index is 651. The van der Waals surface area contributed by atoms with Gasteiger partial charge in [-0.3, -0.25) is 0 Å². The highest BCUT2D eigenvalue weighted by molar-refractivity contribution is 5.79. The number of alkyl halides is 12. The van der Waals surface area contributed by atoms with Gasteiger partial charge < -0.3 is 9.47 Å². The second kappa shape index (κ2) is 7.63. The molecule has 0 bridgehead atoms. The average Bonchev–Trinajstić information content (AvgIpc) is 2.51. The molecule has 0 rings (SSSR count). The average molecular weight is 472 g/mol. The Morgan fingerprint density at radius 2 is 1.07 bits per heavy atom. The lowest BCUT2D eigenvalue weighted by atomic mass is 10.0. The molecule has 0 aromatic carbocycles. The van der Waals surface area contributed by atoms with E-state index in [-0.39, 0.29) is 7.11 Å². The Morgan fingerprint density at radius 1 is 0.655 bits per heavy atom. The van der Waals surface area contributed by atoms with Crippen molar-refractivity contribution in [2.24, 2.45) is 0 Å². The molecule has 0 saturated heterocycles. The highest BCUT2D eigenvalue weighted by atomic mass is 19.4. The first-order valence-corrected chi connectivity index (χ1v) is 5.97. The van der Waals surface area contributed by atoms with E-state index in [4.69, 9.17) is 0 Å². The van der Waals surface area contributed by atoms with Crippen molar-refractivity contribution in [3.63, 3.8) is 0 Å². The molecule has 0 aromatic rings. The number of carbonyl (C=O) groups is 1. The van der Waals surface area contributed by atoms with Gasteiger partial charge in [-0.15, -0.1) is 0 Å². The predicted octanol–water partition coefficient (Wildman–Crippen LogP) is 4.91. The van der Waals surface area contributed by atoms with Gasteiger partial charge in [0.25, 0.3) is 0 Å². The zero-order valence-electron chi connectivity index (χ0n) is 12.8. The van der Waals surface area contributed by atoms with Crippen LogP contribution in [0.4, 0.5) is 65.9 Å². The van der Waals surface area contributed by atoms with Crippen LogP contribution in [0.5, 0.6) is 0 Å². The lowest BCUT2D eigenvalue weighted by Crippen LogP contribution is -2.67. The minimum absolute atomic E-state index is 0.114. The third-order valence-corrected chi connectivity index (χ3v) is 2.56. The van der Waals surface area contributed by atoms with E-state index in [1.807, 2.05) is 4.74 Å². The molecule has 4 nitrogen and oxygen atoms in total. The molecule has 19 heteroatoms. The minimum Gasteiger partial charge on any atom is -0.464 e. The van der Waals surface area contributed by atoms with Gasteiger partial charge in [0, 0.05) is 0 Å². The SMILES string of the molecule is COC(=O)C(F)(F)C(F)(F)C(F)(F)C(F)(F)OC(F)(F)C(F)(F)OC(F)=C(F)F. The molecule has 0 saturated carbocycles. The second-order valence-electron chi connectivity index (χ2n) is 4.50. The Morgan fingerprint density at radius 3 is 1.41 bits per heavy atom. The van der Waals surface area contributed by atoms with Crippen LogP contribution < -0.4 is 0 Å². The van der Waals surface area contributed by atoms with E-state index in [2.05, 4.69) is 4.74 Å². The summed E-state index contributed by atoms with van der Waals surface area (Å²) in [5.74, 6) is -25.9. The molecule has 0 unspecified atom stereocenters. The van der Waals surface area contributed by atoms with Gasteiger partial charge in [0.05, 0.1) is 7.11 Å². The van der Waals surface area contributed by atoms with Crippen LogP contribution in [0.2, 0.25) is 0 Å². The number of carbonyl (C=O) groups excluding carboxylic acids is 1. The first-order valence-electron chi connectivity index (χ1n) is 5.97. The third kappa shape index (κ3) is 4.58. The first-order chi connectivity index (χ1) is 12.5. The van der Waals surface area contributed by atoms with Crippen LogP contribution >= 0.6 is 0 Å². The summed E-state index contributed by atoms with van der Waals surface area (Å²) in [6.45, 7) is 0. The second-order valence-corrected chi connectivity index (χ2v) is 4.50. The van der Waals surface area contributed by atoms with E-state index in [1.165, 1.54) is 4.74 Å². The summed E-state index contributed by atoms with van der Waals surface area (Å²) in [6, 6.07) is -3.85.